The lowest BCUT2D eigenvalue weighted by Crippen LogP contribution is -2.16. The Morgan fingerprint density at radius 2 is 2.21 bits per heavy atom. The number of halogens is 1. The van der Waals surface area contributed by atoms with Gasteiger partial charge in [0.25, 0.3) is 0 Å². The van der Waals surface area contributed by atoms with Gasteiger partial charge in [0.1, 0.15) is 5.82 Å². The van der Waals surface area contributed by atoms with Crippen LogP contribution in [0.4, 0.5) is 4.39 Å². The molecule has 0 aliphatic heterocycles. The van der Waals surface area contributed by atoms with Crippen LogP contribution < -0.4 is 5.32 Å². The van der Waals surface area contributed by atoms with Gasteiger partial charge in [-0.2, -0.15) is 0 Å². The van der Waals surface area contributed by atoms with Crippen molar-refractivity contribution in [2.24, 2.45) is 5.92 Å². The van der Waals surface area contributed by atoms with Crippen molar-refractivity contribution in [2.45, 2.75) is 26.3 Å². The third-order valence-corrected chi connectivity index (χ3v) is 2.70. The van der Waals surface area contributed by atoms with Gasteiger partial charge in [0, 0.05) is 6.54 Å². The average Bonchev–Trinajstić information content (AvgIpc) is 2.95. The Hall–Kier alpha value is -0.890. The monoisotopic (exact) mass is 193 g/mol. The maximum absolute atomic E-state index is 13.1. The Bertz CT molecular complexity index is 318. The molecule has 2 rings (SSSR count). The largest absolute Gasteiger partial charge is 0.312 e. The van der Waals surface area contributed by atoms with Gasteiger partial charge < -0.3 is 5.32 Å². The molecule has 1 fully saturated rings. The molecule has 1 saturated carbocycles. The molecule has 0 atom stereocenters. The number of nitrogens with one attached hydrogen (secondary N) is 1. The molecule has 1 aromatic carbocycles. The van der Waals surface area contributed by atoms with Gasteiger partial charge in [-0.1, -0.05) is 12.1 Å². The van der Waals surface area contributed by atoms with Gasteiger partial charge >= 0.3 is 0 Å². The third kappa shape index (κ3) is 2.55. The van der Waals surface area contributed by atoms with Crippen LogP contribution in [0.2, 0.25) is 0 Å². The quantitative estimate of drug-likeness (QED) is 0.775. The second kappa shape index (κ2) is 4.09. The second-order valence-electron chi connectivity index (χ2n) is 4.16. The lowest BCUT2D eigenvalue weighted by Gasteiger charge is -2.04. The molecule has 0 saturated heterocycles. The van der Waals surface area contributed by atoms with Gasteiger partial charge in [-0.25, -0.2) is 4.39 Å². The van der Waals surface area contributed by atoms with Crippen LogP contribution in [0.15, 0.2) is 18.2 Å². The maximum Gasteiger partial charge on any atom is 0.126 e. The Balaban J connectivity index is 1.85. The molecule has 76 valence electrons. The van der Waals surface area contributed by atoms with E-state index in [-0.39, 0.29) is 5.82 Å². The van der Waals surface area contributed by atoms with Crippen LogP contribution in [0.3, 0.4) is 0 Å². The van der Waals surface area contributed by atoms with Crippen molar-refractivity contribution in [3.8, 4) is 0 Å². The first-order valence-corrected chi connectivity index (χ1v) is 5.21. The fourth-order valence-corrected chi connectivity index (χ4v) is 1.49. The highest BCUT2D eigenvalue weighted by Crippen LogP contribution is 2.27. The zero-order valence-corrected chi connectivity index (χ0v) is 8.52. The highest BCUT2D eigenvalue weighted by atomic mass is 19.1. The summed E-state index contributed by atoms with van der Waals surface area (Å²) in [7, 11) is 0. The molecule has 0 amide bonds. The van der Waals surface area contributed by atoms with E-state index in [9.17, 15) is 4.39 Å². The lowest BCUT2D eigenvalue weighted by molar-refractivity contribution is 0.606. The van der Waals surface area contributed by atoms with Gasteiger partial charge in [-0.15, -0.1) is 0 Å². The van der Waals surface area contributed by atoms with Gasteiger partial charge in [-0.05, 0) is 49.4 Å². The number of aryl methyl sites for hydroxylation is 1. The van der Waals surface area contributed by atoms with Crippen molar-refractivity contribution in [3.05, 3.63) is 35.1 Å². The van der Waals surface area contributed by atoms with Crippen LogP contribution in [0, 0.1) is 18.7 Å². The topological polar surface area (TPSA) is 12.0 Å². The van der Waals surface area contributed by atoms with E-state index in [2.05, 4.69) is 5.32 Å². The molecule has 1 aliphatic rings. The number of benzene rings is 1. The first-order chi connectivity index (χ1) is 6.75. The van der Waals surface area contributed by atoms with E-state index in [0.717, 1.165) is 30.1 Å². The van der Waals surface area contributed by atoms with E-state index in [1.54, 1.807) is 13.0 Å². The van der Waals surface area contributed by atoms with Gasteiger partial charge in [0.2, 0.25) is 0 Å². The van der Waals surface area contributed by atoms with Crippen LogP contribution in [-0.4, -0.2) is 6.54 Å². The Kier molecular flexibility index (Phi) is 2.82. The normalized spacial score (nSPS) is 15.9. The summed E-state index contributed by atoms with van der Waals surface area (Å²) in [6.07, 6.45) is 2.71. The zero-order chi connectivity index (χ0) is 9.97. The summed E-state index contributed by atoms with van der Waals surface area (Å²) in [6.45, 7) is 3.65. The standard InChI is InChI=1S/C12H16FN/c1-9-2-3-11(6-12(9)13)8-14-7-10-4-5-10/h2-3,6,10,14H,4-5,7-8H2,1H3. The Morgan fingerprint density at radius 3 is 2.86 bits per heavy atom. The summed E-state index contributed by atoms with van der Waals surface area (Å²) in [4.78, 5) is 0. The molecule has 0 spiro atoms. The minimum Gasteiger partial charge on any atom is -0.312 e. The van der Waals surface area contributed by atoms with Gasteiger partial charge in [0.05, 0.1) is 0 Å². The van der Waals surface area contributed by atoms with Crippen LogP contribution >= 0.6 is 0 Å². The first-order valence-electron chi connectivity index (χ1n) is 5.21. The average molecular weight is 193 g/mol. The van der Waals surface area contributed by atoms with Gasteiger partial charge in [0.15, 0.2) is 0 Å². The van der Waals surface area contributed by atoms with Crippen molar-refractivity contribution in [3.63, 3.8) is 0 Å². The predicted molar refractivity (Wildman–Crippen MR) is 55.6 cm³/mol. The molecule has 14 heavy (non-hydrogen) atoms. The number of hydrogen-bond acceptors (Lipinski definition) is 1. The summed E-state index contributed by atoms with van der Waals surface area (Å²) in [5.41, 5.74) is 1.75. The highest BCUT2D eigenvalue weighted by molar-refractivity contribution is 5.23. The first kappa shape index (κ1) is 9.66. The minimum atomic E-state index is -0.101. The summed E-state index contributed by atoms with van der Waals surface area (Å²) >= 11 is 0. The molecule has 0 aromatic heterocycles. The SMILES string of the molecule is Cc1ccc(CNCC2CC2)cc1F. The van der Waals surface area contributed by atoms with E-state index >= 15 is 0 Å². The zero-order valence-electron chi connectivity index (χ0n) is 8.52. The van der Waals surface area contributed by atoms with Crippen LogP contribution in [0.5, 0.6) is 0 Å². The summed E-state index contributed by atoms with van der Waals surface area (Å²) < 4.78 is 13.1. The fourth-order valence-electron chi connectivity index (χ4n) is 1.49. The number of rotatable bonds is 4. The summed E-state index contributed by atoms with van der Waals surface area (Å²) in [5, 5.41) is 3.34. The van der Waals surface area contributed by atoms with E-state index in [0.29, 0.717) is 0 Å². The van der Waals surface area contributed by atoms with Crippen LogP contribution in [-0.2, 0) is 6.54 Å². The fraction of sp³-hybridized carbons (Fsp3) is 0.500. The van der Waals surface area contributed by atoms with E-state index in [4.69, 9.17) is 0 Å². The van der Waals surface area contributed by atoms with Crippen molar-refractivity contribution in [2.75, 3.05) is 6.54 Å². The highest BCUT2D eigenvalue weighted by Gasteiger charge is 2.20. The molecule has 1 aromatic rings. The molecule has 2 heteroatoms. The molecular formula is C12H16FN. The molecule has 0 heterocycles. The molecule has 0 bridgehead atoms. The van der Waals surface area contributed by atoms with E-state index in [1.165, 1.54) is 12.8 Å². The minimum absolute atomic E-state index is 0.101. The molecule has 1 aliphatic carbocycles. The van der Waals surface area contributed by atoms with Crippen molar-refractivity contribution in [1.29, 1.82) is 0 Å². The molecule has 1 N–H and O–H groups in total. The molecule has 1 nitrogen and oxygen atoms in total. The maximum atomic E-state index is 13.1. The van der Waals surface area contributed by atoms with Crippen molar-refractivity contribution in [1.82, 2.24) is 5.32 Å². The van der Waals surface area contributed by atoms with Crippen molar-refractivity contribution < 1.29 is 4.39 Å². The van der Waals surface area contributed by atoms with Gasteiger partial charge in [-0.3, -0.25) is 0 Å². The summed E-state index contributed by atoms with van der Waals surface area (Å²) in [6, 6.07) is 5.44. The smallest absolute Gasteiger partial charge is 0.126 e. The van der Waals surface area contributed by atoms with Crippen LogP contribution in [0.25, 0.3) is 0 Å². The van der Waals surface area contributed by atoms with Crippen molar-refractivity contribution >= 4 is 0 Å². The second-order valence-corrected chi connectivity index (χ2v) is 4.16. The Morgan fingerprint density at radius 1 is 1.43 bits per heavy atom. The van der Waals surface area contributed by atoms with Crippen LogP contribution in [0.1, 0.15) is 24.0 Å². The predicted octanol–water partition coefficient (Wildman–Crippen LogP) is 2.63. The van der Waals surface area contributed by atoms with E-state index in [1.807, 2.05) is 12.1 Å². The third-order valence-electron chi connectivity index (χ3n) is 2.70. The number of hydrogen-bond donors (Lipinski definition) is 1. The molecular weight excluding hydrogens is 177 g/mol. The molecule has 0 unspecified atom stereocenters. The lowest BCUT2D eigenvalue weighted by atomic mass is 10.1. The molecule has 0 radical (unpaired) electrons. The van der Waals surface area contributed by atoms with E-state index < -0.39 is 0 Å². The summed E-state index contributed by atoms with van der Waals surface area (Å²) in [5.74, 6) is 0.779. The Labute approximate surface area is 84.3 Å².